The highest BCUT2D eigenvalue weighted by molar-refractivity contribution is 5.80. The quantitative estimate of drug-likeness (QED) is 0.733. The number of carbonyl (C=O) groups is 2. The molecule has 0 unspecified atom stereocenters. The van der Waals surface area contributed by atoms with Crippen molar-refractivity contribution < 1.29 is 23.5 Å². The van der Waals surface area contributed by atoms with Crippen molar-refractivity contribution >= 4 is 12.1 Å². The maximum atomic E-state index is 14.2. The molecule has 5 nitrogen and oxygen atoms in total. The number of hydrogen-bond donors (Lipinski definition) is 0. The lowest BCUT2D eigenvalue weighted by molar-refractivity contribution is -0.154. The van der Waals surface area contributed by atoms with Gasteiger partial charge in [0, 0.05) is 12.7 Å². The van der Waals surface area contributed by atoms with Crippen molar-refractivity contribution in [3.05, 3.63) is 12.0 Å². The molecule has 1 atom stereocenters. The minimum absolute atomic E-state index is 0.160. The summed E-state index contributed by atoms with van der Waals surface area (Å²) in [4.78, 5) is 24.8. The van der Waals surface area contributed by atoms with E-state index < -0.39 is 28.9 Å². The number of amides is 1. The van der Waals surface area contributed by atoms with Gasteiger partial charge >= 0.3 is 12.1 Å². The number of rotatable bonds is 2. The van der Waals surface area contributed by atoms with Gasteiger partial charge in [0.1, 0.15) is 16.8 Å². The molecule has 0 aromatic rings. The van der Waals surface area contributed by atoms with E-state index in [0.717, 1.165) is 11.1 Å². The fraction of sp³-hybridized carbons (Fsp3) is 0.714. The smallest absolute Gasteiger partial charge is 0.414 e. The van der Waals surface area contributed by atoms with Gasteiger partial charge in [-0.15, -0.1) is 0 Å². The molecule has 0 aliphatic carbocycles. The molecule has 1 heterocycles. The summed E-state index contributed by atoms with van der Waals surface area (Å²) >= 11 is 0. The average Bonchev–Trinajstić information content (AvgIpc) is 2.30. The topological polar surface area (TPSA) is 55.8 Å². The average molecular weight is 287 g/mol. The third kappa shape index (κ3) is 3.71. The van der Waals surface area contributed by atoms with E-state index in [1.54, 1.807) is 27.7 Å². The second kappa shape index (κ2) is 5.81. The summed E-state index contributed by atoms with van der Waals surface area (Å²) in [5, 5.41) is 0. The Hall–Kier alpha value is -1.59. The van der Waals surface area contributed by atoms with Crippen molar-refractivity contribution in [2.45, 2.75) is 46.6 Å². The Morgan fingerprint density at radius 3 is 2.50 bits per heavy atom. The van der Waals surface area contributed by atoms with Gasteiger partial charge in [0.05, 0.1) is 6.61 Å². The Morgan fingerprint density at radius 1 is 1.45 bits per heavy atom. The number of ether oxygens (including phenoxy) is 2. The summed E-state index contributed by atoms with van der Waals surface area (Å²) in [7, 11) is 0. The number of hydrogen-bond acceptors (Lipinski definition) is 4. The standard InChI is InChI=1S/C14H22FNO4/c1-6-19-11(17)14(5)7-8-16(9-10(14)15)12(18)20-13(2,3)4/h9H,6-8H2,1-5H3/t14-/m1/s1. The van der Waals surface area contributed by atoms with E-state index in [1.807, 2.05) is 0 Å². The van der Waals surface area contributed by atoms with Crippen LogP contribution in [-0.4, -0.2) is 35.7 Å². The molecular formula is C14H22FNO4. The van der Waals surface area contributed by atoms with Crippen LogP contribution in [0.4, 0.5) is 9.18 Å². The zero-order valence-corrected chi connectivity index (χ0v) is 12.7. The first kappa shape index (κ1) is 16.5. The first-order chi connectivity index (χ1) is 9.10. The fourth-order valence-electron chi connectivity index (χ4n) is 1.76. The zero-order chi connectivity index (χ0) is 15.6. The number of carbonyl (C=O) groups excluding carboxylic acids is 2. The van der Waals surface area contributed by atoms with Gasteiger partial charge in [-0.05, 0) is 41.0 Å². The summed E-state index contributed by atoms with van der Waals surface area (Å²) < 4.78 is 24.2. The minimum Gasteiger partial charge on any atom is -0.465 e. The van der Waals surface area contributed by atoms with Gasteiger partial charge in [-0.1, -0.05) is 0 Å². The van der Waals surface area contributed by atoms with E-state index in [0.29, 0.717) is 0 Å². The van der Waals surface area contributed by atoms with Crippen LogP contribution in [0.1, 0.15) is 41.0 Å². The number of halogens is 1. The van der Waals surface area contributed by atoms with E-state index >= 15 is 0 Å². The molecule has 0 bridgehead atoms. The van der Waals surface area contributed by atoms with Crippen molar-refractivity contribution in [1.82, 2.24) is 4.90 Å². The molecule has 6 heteroatoms. The normalized spacial score (nSPS) is 23.1. The highest BCUT2D eigenvalue weighted by atomic mass is 19.1. The van der Waals surface area contributed by atoms with Gasteiger partial charge in [-0.2, -0.15) is 0 Å². The molecule has 1 rings (SSSR count). The first-order valence-electron chi connectivity index (χ1n) is 6.65. The van der Waals surface area contributed by atoms with Gasteiger partial charge in [-0.25, -0.2) is 9.18 Å². The Morgan fingerprint density at radius 2 is 2.05 bits per heavy atom. The Balaban J connectivity index is 2.84. The molecule has 20 heavy (non-hydrogen) atoms. The van der Waals surface area contributed by atoms with Gasteiger partial charge in [0.25, 0.3) is 0 Å². The molecule has 0 N–H and O–H groups in total. The molecule has 0 saturated carbocycles. The molecule has 1 amide bonds. The minimum atomic E-state index is -1.32. The van der Waals surface area contributed by atoms with Crippen LogP contribution in [0.25, 0.3) is 0 Å². The van der Waals surface area contributed by atoms with Crippen LogP contribution < -0.4 is 0 Å². The molecule has 0 aromatic carbocycles. The summed E-state index contributed by atoms with van der Waals surface area (Å²) in [5.74, 6) is -1.30. The maximum absolute atomic E-state index is 14.2. The molecule has 114 valence electrons. The lowest BCUT2D eigenvalue weighted by atomic mass is 9.83. The second-order valence-electron chi connectivity index (χ2n) is 5.95. The van der Waals surface area contributed by atoms with E-state index in [1.165, 1.54) is 6.92 Å². The summed E-state index contributed by atoms with van der Waals surface area (Å²) in [6, 6.07) is 0. The second-order valence-corrected chi connectivity index (χ2v) is 5.95. The van der Waals surface area contributed by atoms with E-state index in [4.69, 9.17) is 9.47 Å². The molecule has 1 aliphatic heterocycles. The van der Waals surface area contributed by atoms with Crippen LogP contribution in [-0.2, 0) is 14.3 Å². The predicted molar refractivity (Wildman–Crippen MR) is 71.5 cm³/mol. The SMILES string of the molecule is CCOC(=O)[C@]1(C)CCN(C(=O)OC(C)(C)C)C=C1F. The molecule has 0 spiro atoms. The third-order valence-electron chi connectivity index (χ3n) is 3.00. The van der Waals surface area contributed by atoms with Crippen molar-refractivity contribution in [1.29, 1.82) is 0 Å². The molecule has 0 saturated heterocycles. The van der Waals surface area contributed by atoms with Gasteiger partial charge in [0.2, 0.25) is 0 Å². The van der Waals surface area contributed by atoms with Crippen LogP contribution >= 0.6 is 0 Å². The van der Waals surface area contributed by atoms with Gasteiger partial charge in [-0.3, -0.25) is 9.69 Å². The largest absolute Gasteiger partial charge is 0.465 e. The van der Waals surface area contributed by atoms with Crippen molar-refractivity contribution in [3.8, 4) is 0 Å². The van der Waals surface area contributed by atoms with Crippen LogP contribution in [0, 0.1) is 5.41 Å². The van der Waals surface area contributed by atoms with Crippen molar-refractivity contribution in [2.75, 3.05) is 13.2 Å². The van der Waals surface area contributed by atoms with Crippen LogP contribution in [0.15, 0.2) is 12.0 Å². The molecule has 0 radical (unpaired) electrons. The van der Waals surface area contributed by atoms with E-state index in [-0.39, 0.29) is 19.6 Å². The van der Waals surface area contributed by atoms with Crippen LogP contribution in [0.3, 0.4) is 0 Å². The highest BCUT2D eigenvalue weighted by Crippen LogP contribution is 2.37. The number of nitrogens with zero attached hydrogens (tertiary/aromatic N) is 1. The van der Waals surface area contributed by atoms with Crippen molar-refractivity contribution in [2.24, 2.45) is 5.41 Å². The summed E-state index contributed by atoms with van der Waals surface area (Å²) in [6.45, 7) is 8.74. The predicted octanol–water partition coefficient (Wildman–Crippen LogP) is 3.01. The van der Waals surface area contributed by atoms with Gasteiger partial charge < -0.3 is 9.47 Å². The molecule has 1 aliphatic rings. The zero-order valence-electron chi connectivity index (χ0n) is 12.7. The highest BCUT2D eigenvalue weighted by Gasteiger charge is 2.43. The lowest BCUT2D eigenvalue weighted by Gasteiger charge is -2.34. The molecular weight excluding hydrogens is 265 g/mol. The Kier molecular flexibility index (Phi) is 4.78. The third-order valence-corrected chi connectivity index (χ3v) is 3.00. The first-order valence-corrected chi connectivity index (χ1v) is 6.65. The van der Waals surface area contributed by atoms with Crippen molar-refractivity contribution in [3.63, 3.8) is 0 Å². The lowest BCUT2D eigenvalue weighted by Crippen LogP contribution is -2.42. The molecule has 0 fully saturated rings. The Labute approximate surface area is 118 Å². The monoisotopic (exact) mass is 287 g/mol. The summed E-state index contributed by atoms with van der Waals surface area (Å²) in [6.07, 6.45) is 0.556. The van der Waals surface area contributed by atoms with E-state index in [9.17, 15) is 14.0 Å². The Bertz CT molecular complexity index is 427. The van der Waals surface area contributed by atoms with Crippen LogP contribution in [0.2, 0.25) is 0 Å². The maximum Gasteiger partial charge on any atom is 0.414 e. The summed E-state index contributed by atoms with van der Waals surface area (Å²) in [5.41, 5.74) is -1.97. The van der Waals surface area contributed by atoms with Crippen LogP contribution in [0.5, 0.6) is 0 Å². The fourth-order valence-corrected chi connectivity index (χ4v) is 1.76. The molecule has 0 aromatic heterocycles. The number of esters is 1. The van der Waals surface area contributed by atoms with Gasteiger partial charge in [0.15, 0.2) is 0 Å². The van der Waals surface area contributed by atoms with E-state index in [2.05, 4.69) is 0 Å².